The predicted octanol–water partition coefficient (Wildman–Crippen LogP) is 2.06. The molecule has 2 aliphatic heterocycles. The molecule has 0 saturated carbocycles. The fourth-order valence-electron chi connectivity index (χ4n) is 3.85. The molecule has 0 unspecified atom stereocenters. The number of benzene rings is 2. The van der Waals surface area contributed by atoms with Crippen LogP contribution in [0.1, 0.15) is 54.3 Å². The summed E-state index contributed by atoms with van der Waals surface area (Å²) >= 11 is 0. The number of carbonyl (C=O) groups is 5. The summed E-state index contributed by atoms with van der Waals surface area (Å²) < 4.78 is 0. The summed E-state index contributed by atoms with van der Waals surface area (Å²) in [4.78, 5) is 63.5. The Labute approximate surface area is 171 Å². The number of fused-ring (bicyclic) bond motifs is 2. The molecule has 0 saturated heterocycles. The SMILES string of the molecule is O=C(O)C(CCN1C(=O)c2ccccc2C1=O)CCN1C(=O)c2ccccc2C1=O. The number of imide groups is 2. The van der Waals surface area contributed by atoms with Gasteiger partial charge in [0.2, 0.25) is 0 Å². The van der Waals surface area contributed by atoms with Crippen LogP contribution in [0.3, 0.4) is 0 Å². The van der Waals surface area contributed by atoms with Gasteiger partial charge in [-0.15, -0.1) is 0 Å². The molecule has 152 valence electrons. The van der Waals surface area contributed by atoms with Gasteiger partial charge in [-0.1, -0.05) is 24.3 Å². The van der Waals surface area contributed by atoms with Gasteiger partial charge in [-0.25, -0.2) is 0 Å². The number of nitrogens with zero attached hydrogens (tertiary/aromatic N) is 2. The molecule has 30 heavy (non-hydrogen) atoms. The first kappa shape index (κ1) is 19.5. The second kappa shape index (κ2) is 7.55. The molecule has 2 aromatic rings. The van der Waals surface area contributed by atoms with Crippen LogP contribution in [0.15, 0.2) is 48.5 Å². The number of carboxylic acid groups (broad SMARTS) is 1. The molecule has 1 N–H and O–H groups in total. The molecule has 0 fully saturated rings. The molecule has 8 nitrogen and oxygen atoms in total. The minimum absolute atomic E-state index is 0.0317. The minimum Gasteiger partial charge on any atom is -0.481 e. The van der Waals surface area contributed by atoms with Gasteiger partial charge in [-0.2, -0.15) is 0 Å². The van der Waals surface area contributed by atoms with Crippen LogP contribution in [0.4, 0.5) is 0 Å². The second-order valence-corrected chi connectivity index (χ2v) is 7.23. The Hall–Kier alpha value is -3.81. The lowest BCUT2D eigenvalue weighted by molar-refractivity contribution is -0.142. The van der Waals surface area contributed by atoms with E-state index in [1.807, 2.05) is 0 Å². The van der Waals surface area contributed by atoms with E-state index in [2.05, 4.69) is 0 Å². The molecule has 0 bridgehead atoms. The number of amides is 4. The summed E-state index contributed by atoms with van der Waals surface area (Å²) in [6.07, 6.45) is 0.0634. The zero-order valence-corrected chi connectivity index (χ0v) is 15.9. The summed E-state index contributed by atoms with van der Waals surface area (Å²) in [6.45, 7) is -0.100. The standard InChI is InChI=1S/C22H18N2O6/c25-18-14-5-1-2-6-15(14)19(26)23(18)11-9-13(22(29)30)10-12-24-20(27)16-7-3-4-8-17(16)21(24)28/h1-8,13H,9-12H2,(H,29,30). The maximum absolute atomic E-state index is 12.4. The number of carboxylic acids is 1. The van der Waals surface area contributed by atoms with Gasteiger partial charge in [0.25, 0.3) is 23.6 Å². The molecule has 2 heterocycles. The van der Waals surface area contributed by atoms with E-state index >= 15 is 0 Å². The van der Waals surface area contributed by atoms with E-state index in [1.54, 1.807) is 48.5 Å². The molecule has 0 radical (unpaired) electrons. The van der Waals surface area contributed by atoms with E-state index in [1.165, 1.54) is 0 Å². The Morgan fingerprint density at radius 1 is 0.667 bits per heavy atom. The Balaban J connectivity index is 1.40. The van der Waals surface area contributed by atoms with E-state index in [4.69, 9.17) is 0 Å². The molecule has 0 spiro atoms. The summed E-state index contributed by atoms with van der Waals surface area (Å²) in [6, 6.07) is 12.9. The van der Waals surface area contributed by atoms with Gasteiger partial charge in [0, 0.05) is 13.1 Å². The van der Waals surface area contributed by atoms with Crippen LogP contribution in [0, 0.1) is 5.92 Å². The zero-order valence-electron chi connectivity index (χ0n) is 15.9. The molecule has 4 amide bonds. The van der Waals surface area contributed by atoms with Crippen molar-refractivity contribution >= 4 is 29.6 Å². The lowest BCUT2D eigenvalue weighted by Crippen LogP contribution is -2.35. The van der Waals surface area contributed by atoms with Crippen LogP contribution < -0.4 is 0 Å². The Kier molecular flexibility index (Phi) is 4.91. The van der Waals surface area contributed by atoms with Crippen molar-refractivity contribution < 1.29 is 29.1 Å². The fraction of sp³-hybridized carbons (Fsp3) is 0.227. The number of hydrogen-bond donors (Lipinski definition) is 1. The van der Waals surface area contributed by atoms with Crippen LogP contribution in [0.2, 0.25) is 0 Å². The zero-order chi connectivity index (χ0) is 21.4. The van der Waals surface area contributed by atoms with Crippen molar-refractivity contribution in [2.24, 2.45) is 5.92 Å². The van der Waals surface area contributed by atoms with Gasteiger partial charge in [0.1, 0.15) is 0 Å². The second-order valence-electron chi connectivity index (χ2n) is 7.23. The Morgan fingerprint density at radius 3 is 1.23 bits per heavy atom. The number of rotatable bonds is 7. The first-order chi connectivity index (χ1) is 14.4. The van der Waals surface area contributed by atoms with Gasteiger partial charge in [-0.05, 0) is 37.1 Å². The maximum atomic E-state index is 12.4. The van der Waals surface area contributed by atoms with Crippen molar-refractivity contribution in [2.45, 2.75) is 12.8 Å². The fourth-order valence-corrected chi connectivity index (χ4v) is 3.85. The Morgan fingerprint density at radius 2 is 0.967 bits per heavy atom. The van der Waals surface area contributed by atoms with E-state index < -0.39 is 35.5 Å². The van der Waals surface area contributed by atoms with Crippen molar-refractivity contribution in [3.05, 3.63) is 70.8 Å². The van der Waals surface area contributed by atoms with E-state index in [0.29, 0.717) is 22.3 Å². The third-order valence-corrected chi connectivity index (χ3v) is 5.51. The van der Waals surface area contributed by atoms with Crippen molar-refractivity contribution in [2.75, 3.05) is 13.1 Å². The molecule has 8 heteroatoms. The van der Waals surface area contributed by atoms with Crippen LogP contribution in [0.5, 0.6) is 0 Å². The average Bonchev–Trinajstić information content (AvgIpc) is 3.14. The lowest BCUT2D eigenvalue weighted by atomic mass is 10.0. The highest BCUT2D eigenvalue weighted by molar-refractivity contribution is 6.22. The van der Waals surface area contributed by atoms with Crippen LogP contribution in [0.25, 0.3) is 0 Å². The molecule has 4 rings (SSSR count). The number of carbonyl (C=O) groups excluding carboxylic acids is 4. The van der Waals surface area contributed by atoms with Crippen molar-refractivity contribution in [1.82, 2.24) is 9.80 Å². The average molecular weight is 406 g/mol. The third-order valence-electron chi connectivity index (χ3n) is 5.51. The highest BCUT2D eigenvalue weighted by Gasteiger charge is 2.37. The minimum atomic E-state index is -1.11. The van der Waals surface area contributed by atoms with Crippen molar-refractivity contribution in [3.63, 3.8) is 0 Å². The monoisotopic (exact) mass is 406 g/mol. The van der Waals surface area contributed by atoms with Crippen LogP contribution in [-0.4, -0.2) is 57.6 Å². The molecular formula is C22H18N2O6. The summed E-state index contributed by atoms with van der Waals surface area (Å²) in [7, 11) is 0. The molecule has 2 aromatic carbocycles. The lowest BCUT2D eigenvalue weighted by Gasteiger charge is -2.20. The molecule has 0 aliphatic carbocycles. The highest BCUT2D eigenvalue weighted by Crippen LogP contribution is 2.26. The summed E-state index contributed by atoms with van der Waals surface area (Å²) in [5, 5.41) is 9.56. The predicted molar refractivity (Wildman–Crippen MR) is 104 cm³/mol. The largest absolute Gasteiger partial charge is 0.481 e. The van der Waals surface area contributed by atoms with Gasteiger partial charge >= 0.3 is 5.97 Å². The van der Waals surface area contributed by atoms with Crippen LogP contribution >= 0.6 is 0 Å². The van der Waals surface area contributed by atoms with Gasteiger partial charge < -0.3 is 5.11 Å². The van der Waals surface area contributed by atoms with Crippen molar-refractivity contribution in [3.8, 4) is 0 Å². The number of hydrogen-bond acceptors (Lipinski definition) is 5. The van der Waals surface area contributed by atoms with Crippen molar-refractivity contribution in [1.29, 1.82) is 0 Å². The quantitative estimate of drug-likeness (QED) is 0.705. The van der Waals surface area contributed by atoms with Gasteiger partial charge in [0.15, 0.2) is 0 Å². The third kappa shape index (κ3) is 3.16. The number of aliphatic carboxylic acids is 1. The van der Waals surface area contributed by atoms with E-state index in [9.17, 15) is 29.1 Å². The molecular weight excluding hydrogens is 388 g/mol. The summed E-state index contributed by atoms with van der Waals surface area (Å²) in [5.74, 6) is -3.80. The smallest absolute Gasteiger partial charge is 0.306 e. The van der Waals surface area contributed by atoms with E-state index in [-0.39, 0.29) is 25.9 Å². The van der Waals surface area contributed by atoms with E-state index in [0.717, 1.165) is 9.80 Å². The molecule has 2 aliphatic rings. The van der Waals surface area contributed by atoms with Crippen LogP contribution in [-0.2, 0) is 4.79 Å². The first-order valence-electron chi connectivity index (χ1n) is 9.53. The molecule has 0 atom stereocenters. The highest BCUT2D eigenvalue weighted by atomic mass is 16.4. The Bertz CT molecular complexity index is 943. The summed E-state index contributed by atoms with van der Waals surface area (Å²) in [5.41, 5.74) is 1.22. The first-order valence-corrected chi connectivity index (χ1v) is 9.53. The maximum Gasteiger partial charge on any atom is 0.306 e. The molecule has 0 aromatic heterocycles. The topological polar surface area (TPSA) is 112 Å². The normalized spacial score (nSPS) is 15.2. The van der Waals surface area contributed by atoms with Gasteiger partial charge in [0.05, 0.1) is 28.2 Å². The van der Waals surface area contributed by atoms with Gasteiger partial charge in [-0.3, -0.25) is 33.8 Å².